The fourth-order valence-electron chi connectivity index (χ4n) is 2.12. The summed E-state index contributed by atoms with van der Waals surface area (Å²) in [6, 6.07) is 2.17. The highest BCUT2D eigenvalue weighted by Gasteiger charge is 2.16. The first kappa shape index (κ1) is 19.7. The molecule has 0 bridgehead atoms. The van der Waals surface area contributed by atoms with Gasteiger partial charge in [0.05, 0.1) is 22.7 Å². The second-order valence-electron chi connectivity index (χ2n) is 5.30. The summed E-state index contributed by atoms with van der Waals surface area (Å²) in [5.74, 6) is 3.51. The Kier molecular flexibility index (Phi) is 5.87. The SMILES string of the molecule is O=C(Nc1cc(F)c(=O)n(CC(F)F)c1)c1cc(C#Cc2cocn2)c(Cl)s1. The van der Waals surface area contributed by atoms with Crippen LogP contribution in [0.4, 0.5) is 18.9 Å². The van der Waals surface area contributed by atoms with E-state index in [1.807, 2.05) is 0 Å². The zero-order chi connectivity index (χ0) is 20.3. The minimum atomic E-state index is -2.86. The number of halogens is 4. The molecule has 0 spiro atoms. The molecule has 11 heteroatoms. The zero-order valence-electron chi connectivity index (χ0n) is 13.7. The lowest BCUT2D eigenvalue weighted by atomic mass is 10.3. The molecule has 0 aliphatic heterocycles. The molecular weight excluding hydrogens is 419 g/mol. The monoisotopic (exact) mass is 427 g/mol. The number of pyridine rings is 1. The topological polar surface area (TPSA) is 77.1 Å². The normalized spacial score (nSPS) is 10.6. The van der Waals surface area contributed by atoms with Gasteiger partial charge >= 0.3 is 0 Å². The first-order chi connectivity index (χ1) is 13.3. The van der Waals surface area contributed by atoms with E-state index < -0.39 is 30.3 Å². The quantitative estimate of drug-likeness (QED) is 0.645. The fraction of sp³-hybridized carbons (Fsp3) is 0.118. The maximum Gasteiger partial charge on any atom is 0.286 e. The molecule has 0 saturated heterocycles. The van der Waals surface area contributed by atoms with E-state index in [2.05, 4.69) is 22.1 Å². The van der Waals surface area contributed by atoms with Crippen molar-refractivity contribution in [2.75, 3.05) is 5.32 Å². The summed E-state index contributed by atoms with van der Waals surface area (Å²) >= 11 is 6.99. The van der Waals surface area contributed by atoms with E-state index in [1.54, 1.807) is 0 Å². The summed E-state index contributed by atoms with van der Waals surface area (Å²) in [4.78, 5) is 27.9. The van der Waals surface area contributed by atoms with Crippen LogP contribution in [0.5, 0.6) is 0 Å². The Balaban J connectivity index is 1.81. The van der Waals surface area contributed by atoms with Crippen LogP contribution in [-0.2, 0) is 6.54 Å². The van der Waals surface area contributed by atoms with Crippen molar-refractivity contribution in [2.24, 2.45) is 0 Å². The van der Waals surface area contributed by atoms with E-state index in [1.165, 1.54) is 18.7 Å². The second kappa shape index (κ2) is 8.33. The maximum atomic E-state index is 13.7. The number of hydrogen-bond acceptors (Lipinski definition) is 5. The van der Waals surface area contributed by atoms with Gasteiger partial charge in [-0.25, -0.2) is 18.2 Å². The molecule has 3 heterocycles. The van der Waals surface area contributed by atoms with Crippen molar-refractivity contribution in [1.82, 2.24) is 9.55 Å². The highest BCUT2D eigenvalue weighted by Crippen LogP contribution is 2.27. The first-order valence-corrected chi connectivity index (χ1v) is 8.72. The number of nitrogens with zero attached hydrogens (tertiary/aromatic N) is 2. The Morgan fingerprint density at radius 2 is 2.18 bits per heavy atom. The Labute approximate surface area is 164 Å². The number of thiophene rings is 1. The standard InChI is InChI=1S/C17H9ClF3N3O3S/c18-15-9(1-2-10-7-27-8-22-10)3-13(28-15)16(25)23-11-4-12(19)17(26)24(5-11)6-14(20)21/h3-5,7-8,14H,6H2,(H,23,25). The smallest absolute Gasteiger partial charge is 0.286 e. The number of carbonyl (C=O) groups is 1. The van der Waals surface area contributed by atoms with Gasteiger partial charge in [0.25, 0.3) is 17.9 Å². The van der Waals surface area contributed by atoms with Crippen LogP contribution in [0, 0.1) is 17.7 Å². The Morgan fingerprint density at radius 3 is 2.86 bits per heavy atom. The number of nitrogens with one attached hydrogen (secondary N) is 1. The van der Waals surface area contributed by atoms with Crippen LogP contribution in [0.15, 0.2) is 40.2 Å². The van der Waals surface area contributed by atoms with E-state index >= 15 is 0 Å². The zero-order valence-corrected chi connectivity index (χ0v) is 15.3. The molecule has 3 aromatic rings. The molecule has 0 aliphatic rings. The van der Waals surface area contributed by atoms with Gasteiger partial charge in [-0.3, -0.25) is 9.59 Å². The number of oxazole rings is 1. The number of alkyl halides is 2. The molecule has 0 unspecified atom stereocenters. The molecule has 0 aliphatic carbocycles. The number of rotatable bonds is 4. The number of anilines is 1. The van der Waals surface area contributed by atoms with Gasteiger partial charge in [-0.2, -0.15) is 0 Å². The van der Waals surface area contributed by atoms with Crippen LogP contribution in [-0.4, -0.2) is 21.9 Å². The molecule has 3 rings (SSSR count). The van der Waals surface area contributed by atoms with E-state index in [4.69, 9.17) is 16.0 Å². The molecule has 0 atom stereocenters. The van der Waals surface area contributed by atoms with Crippen LogP contribution in [0.3, 0.4) is 0 Å². The molecule has 1 amide bonds. The molecule has 0 aromatic carbocycles. The Morgan fingerprint density at radius 1 is 1.39 bits per heavy atom. The van der Waals surface area contributed by atoms with E-state index in [0.717, 1.165) is 23.6 Å². The third kappa shape index (κ3) is 4.62. The van der Waals surface area contributed by atoms with Crippen molar-refractivity contribution >= 4 is 34.5 Å². The molecule has 6 nitrogen and oxygen atoms in total. The average molecular weight is 428 g/mol. The Hall–Kier alpha value is -3.03. The molecule has 1 N–H and O–H groups in total. The molecule has 0 fully saturated rings. The van der Waals surface area contributed by atoms with Gasteiger partial charge in [0.1, 0.15) is 10.6 Å². The van der Waals surface area contributed by atoms with Gasteiger partial charge in [0, 0.05) is 12.3 Å². The van der Waals surface area contributed by atoms with Crippen LogP contribution >= 0.6 is 22.9 Å². The summed E-state index contributed by atoms with van der Waals surface area (Å²) in [6.45, 7) is -0.994. The predicted octanol–water partition coefficient (Wildman–Crippen LogP) is 3.61. The van der Waals surface area contributed by atoms with E-state index in [9.17, 15) is 22.8 Å². The lowest BCUT2D eigenvalue weighted by molar-refractivity contribution is 0.103. The summed E-state index contributed by atoms with van der Waals surface area (Å²) < 4.78 is 44.2. The van der Waals surface area contributed by atoms with Gasteiger partial charge in [0.15, 0.2) is 17.9 Å². The van der Waals surface area contributed by atoms with E-state index in [-0.39, 0.29) is 14.9 Å². The summed E-state index contributed by atoms with van der Waals surface area (Å²) in [5.41, 5.74) is -0.607. The molecule has 0 radical (unpaired) electrons. The number of carbonyl (C=O) groups excluding carboxylic acids is 1. The first-order valence-electron chi connectivity index (χ1n) is 7.52. The summed E-state index contributed by atoms with van der Waals surface area (Å²) in [5, 5.41) is 2.34. The number of amides is 1. The Bertz CT molecular complexity index is 1130. The molecule has 0 saturated carbocycles. The molecule has 3 aromatic heterocycles. The van der Waals surface area contributed by atoms with Gasteiger partial charge in [0.2, 0.25) is 0 Å². The molecular formula is C17H9ClF3N3O3S. The van der Waals surface area contributed by atoms with Gasteiger partial charge in [-0.1, -0.05) is 17.5 Å². The summed E-state index contributed by atoms with van der Waals surface area (Å²) in [6.07, 6.45) is 0.634. The number of hydrogen-bond donors (Lipinski definition) is 1. The number of aromatic nitrogens is 2. The van der Waals surface area contributed by atoms with Gasteiger partial charge in [-0.05, 0) is 12.0 Å². The highest BCUT2D eigenvalue weighted by atomic mass is 35.5. The minimum Gasteiger partial charge on any atom is -0.450 e. The molecule has 28 heavy (non-hydrogen) atoms. The highest BCUT2D eigenvalue weighted by molar-refractivity contribution is 7.18. The predicted molar refractivity (Wildman–Crippen MR) is 96.4 cm³/mol. The van der Waals surface area contributed by atoms with Crippen LogP contribution < -0.4 is 10.9 Å². The van der Waals surface area contributed by atoms with Crippen molar-refractivity contribution in [2.45, 2.75) is 13.0 Å². The van der Waals surface area contributed by atoms with Crippen LogP contribution in [0.2, 0.25) is 4.34 Å². The van der Waals surface area contributed by atoms with Crippen molar-refractivity contribution in [3.8, 4) is 11.8 Å². The van der Waals surface area contributed by atoms with Gasteiger partial charge < -0.3 is 14.3 Å². The lowest BCUT2D eigenvalue weighted by Crippen LogP contribution is -2.26. The van der Waals surface area contributed by atoms with Crippen LogP contribution in [0.1, 0.15) is 20.9 Å². The van der Waals surface area contributed by atoms with Crippen LogP contribution in [0.25, 0.3) is 0 Å². The third-order valence-corrected chi connectivity index (χ3v) is 4.66. The maximum absolute atomic E-state index is 13.7. The average Bonchev–Trinajstić information content (AvgIpc) is 3.26. The molecule has 144 valence electrons. The minimum absolute atomic E-state index is 0.150. The fourth-order valence-corrected chi connectivity index (χ4v) is 3.20. The van der Waals surface area contributed by atoms with Crippen molar-refractivity contribution in [3.05, 3.63) is 67.6 Å². The third-order valence-electron chi connectivity index (χ3n) is 3.30. The second-order valence-corrected chi connectivity index (χ2v) is 6.96. The van der Waals surface area contributed by atoms with Gasteiger partial charge in [-0.15, -0.1) is 11.3 Å². The van der Waals surface area contributed by atoms with Crippen molar-refractivity contribution in [1.29, 1.82) is 0 Å². The lowest BCUT2D eigenvalue weighted by Gasteiger charge is -2.09. The largest absolute Gasteiger partial charge is 0.450 e. The summed E-state index contributed by atoms with van der Waals surface area (Å²) in [7, 11) is 0. The van der Waals surface area contributed by atoms with E-state index in [0.29, 0.717) is 15.8 Å². The van der Waals surface area contributed by atoms with Crippen molar-refractivity contribution < 1.29 is 22.4 Å². The van der Waals surface area contributed by atoms with Crippen molar-refractivity contribution in [3.63, 3.8) is 0 Å².